The molecule has 0 amide bonds. The lowest BCUT2D eigenvalue weighted by Gasteiger charge is -2.23. The summed E-state index contributed by atoms with van der Waals surface area (Å²) in [5, 5.41) is 7.58. The molecule has 0 aliphatic carbocycles. The Kier molecular flexibility index (Phi) is 12.7. The lowest BCUT2D eigenvalue weighted by Crippen LogP contribution is -2.33. The van der Waals surface area contributed by atoms with Gasteiger partial charge in [0.2, 0.25) is 16.4 Å². The van der Waals surface area contributed by atoms with Crippen molar-refractivity contribution in [2.45, 2.75) is 17.9 Å². The molecule has 29 heavy (non-hydrogen) atoms. The zero-order valence-electron chi connectivity index (χ0n) is 14.7. The summed E-state index contributed by atoms with van der Waals surface area (Å²) in [7, 11) is -8.95. The van der Waals surface area contributed by atoms with Gasteiger partial charge in [-0.05, 0) is 18.0 Å². The van der Waals surface area contributed by atoms with Gasteiger partial charge < -0.3 is 19.0 Å². The maximum Gasteiger partial charge on any atom is 0.398 e. The number of aromatic nitrogens is 3. The zero-order valence-corrected chi connectivity index (χ0v) is 20.2. The third-order valence-electron chi connectivity index (χ3n) is 3.01. The number of rotatable bonds is 14. The SMILES string of the molecule is O=P(O)(OC(CCCl)C(Cl)CO)c1nc(Cl)nc(P(=O)(OCCCl)OCCCl)n1. The Morgan fingerprint density at radius 1 is 0.966 bits per heavy atom. The molecule has 3 unspecified atom stereocenters. The van der Waals surface area contributed by atoms with Crippen LogP contribution in [0.3, 0.4) is 0 Å². The minimum absolute atomic E-state index is 0.0279. The van der Waals surface area contributed by atoms with Crippen LogP contribution in [0.5, 0.6) is 0 Å². The number of nitrogens with zero attached hydrogens (tertiary/aromatic N) is 3. The fourth-order valence-electron chi connectivity index (χ4n) is 1.80. The molecule has 0 saturated heterocycles. The maximum atomic E-state index is 13.0. The van der Waals surface area contributed by atoms with Crippen LogP contribution in [-0.4, -0.2) is 73.9 Å². The van der Waals surface area contributed by atoms with Crippen molar-refractivity contribution in [3.8, 4) is 0 Å². The predicted octanol–water partition coefficient (Wildman–Crippen LogP) is 2.28. The molecule has 0 aliphatic heterocycles. The number of halogens is 5. The molecule has 1 aromatic heterocycles. The summed E-state index contributed by atoms with van der Waals surface area (Å²) >= 11 is 28.4. The molecule has 0 spiro atoms. The Labute approximate surface area is 192 Å². The van der Waals surface area contributed by atoms with E-state index in [2.05, 4.69) is 15.0 Å². The molecule has 0 bridgehead atoms. The summed E-state index contributed by atoms with van der Waals surface area (Å²) in [6.45, 7) is -0.940. The van der Waals surface area contributed by atoms with Crippen molar-refractivity contribution < 1.29 is 32.7 Å². The fourth-order valence-corrected chi connectivity index (χ4v) is 5.55. The molecule has 3 atom stereocenters. The Morgan fingerprint density at radius 2 is 1.52 bits per heavy atom. The monoisotopic (exact) mass is 553 g/mol. The van der Waals surface area contributed by atoms with Gasteiger partial charge >= 0.3 is 15.2 Å². The van der Waals surface area contributed by atoms with Gasteiger partial charge in [0.15, 0.2) is 0 Å². The van der Waals surface area contributed by atoms with E-state index >= 15 is 0 Å². The van der Waals surface area contributed by atoms with E-state index in [1.165, 1.54) is 0 Å². The highest BCUT2D eigenvalue weighted by molar-refractivity contribution is 7.62. The van der Waals surface area contributed by atoms with Gasteiger partial charge in [-0.1, -0.05) is 0 Å². The maximum absolute atomic E-state index is 13.0. The van der Waals surface area contributed by atoms with Crippen molar-refractivity contribution in [1.82, 2.24) is 15.0 Å². The largest absolute Gasteiger partial charge is 0.398 e. The van der Waals surface area contributed by atoms with Crippen LogP contribution in [0.25, 0.3) is 0 Å². The molecule has 1 aromatic rings. The highest BCUT2D eigenvalue weighted by atomic mass is 35.5. The lowest BCUT2D eigenvalue weighted by atomic mass is 10.2. The summed E-state index contributed by atoms with van der Waals surface area (Å²) in [4.78, 5) is 21.2. The molecule has 0 saturated carbocycles. The normalized spacial score (nSPS) is 16.4. The van der Waals surface area contributed by atoms with Gasteiger partial charge in [-0.25, -0.2) is 0 Å². The van der Waals surface area contributed by atoms with E-state index in [9.17, 15) is 19.1 Å². The molecule has 0 aromatic carbocycles. The number of aliphatic hydroxyl groups excluding tert-OH is 1. The fraction of sp³-hybridized carbons (Fsp3) is 0.750. The van der Waals surface area contributed by atoms with Gasteiger partial charge in [0.1, 0.15) is 0 Å². The second kappa shape index (κ2) is 13.3. The summed E-state index contributed by atoms with van der Waals surface area (Å²) in [5.41, 5.74) is -1.45. The molecular formula is C12H18Cl5N3O7P2. The van der Waals surface area contributed by atoms with E-state index in [0.29, 0.717) is 0 Å². The van der Waals surface area contributed by atoms with E-state index in [1.807, 2.05) is 0 Å². The van der Waals surface area contributed by atoms with Crippen LogP contribution in [0.4, 0.5) is 0 Å². The van der Waals surface area contributed by atoms with Gasteiger partial charge in [0.05, 0.1) is 31.3 Å². The number of hydrogen-bond acceptors (Lipinski definition) is 9. The van der Waals surface area contributed by atoms with Crippen molar-refractivity contribution in [2.75, 3.05) is 37.5 Å². The molecule has 2 N–H and O–H groups in total. The van der Waals surface area contributed by atoms with E-state index < -0.39 is 49.7 Å². The summed E-state index contributed by atoms with van der Waals surface area (Å²) in [6.07, 6.45) is -1.07. The van der Waals surface area contributed by atoms with Crippen LogP contribution in [0, 0.1) is 0 Å². The first kappa shape index (κ1) is 27.8. The molecular weight excluding hydrogens is 537 g/mol. The van der Waals surface area contributed by atoms with Gasteiger partial charge in [-0.15, -0.1) is 46.4 Å². The average molecular weight is 556 g/mol. The van der Waals surface area contributed by atoms with Crippen LogP contribution < -0.4 is 11.1 Å². The van der Waals surface area contributed by atoms with Crippen LogP contribution >= 0.6 is 73.2 Å². The quantitative estimate of drug-likeness (QED) is 0.259. The summed E-state index contributed by atoms with van der Waals surface area (Å²) < 4.78 is 41.0. The van der Waals surface area contributed by atoms with Gasteiger partial charge in [0.25, 0.3) is 0 Å². The summed E-state index contributed by atoms with van der Waals surface area (Å²) in [6, 6.07) is 0. The minimum atomic E-state index is -4.76. The number of aliphatic hydroxyl groups is 1. The molecule has 0 fully saturated rings. The lowest BCUT2D eigenvalue weighted by molar-refractivity contribution is 0.142. The van der Waals surface area contributed by atoms with Crippen LogP contribution in [0.15, 0.2) is 0 Å². The van der Waals surface area contributed by atoms with Crippen molar-refractivity contribution >= 4 is 84.3 Å². The van der Waals surface area contributed by atoms with Crippen molar-refractivity contribution in [2.24, 2.45) is 0 Å². The highest BCUT2D eigenvalue weighted by Gasteiger charge is 2.38. The first-order valence-electron chi connectivity index (χ1n) is 7.89. The van der Waals surface area contributed by atoms with Crippen LogP contribution in [0.2, 0.25) is 5.28 Å². The van der Waals surface area contributed by atoms with Gasteiger partial charge in [-0.3, -0.25) is 13.7 Å². The second-order valence-electron chi connectivity index (χ2n) is 5.09. The Bertz CT molecular complexity index is 738. The Hall–Kier alpha value is 0.720. The van der Waals surface area contributed by atoms with Crippen LogP contribution in [0.1, 0.15) is 6.42 Å². The highest BCUT2D eigenvalue weighted by Crippen LogP contribution is 2.47. The Balaban J connectivity index is 3.30. The average Bonchev–Trinajstić information content (AvgIpc) is 2.69. The second-order valence-corrected chi connectivity index (χ2v) is 10.7. The zero-order chi connectivity index (χ0) is 22.1. The smallest absolute Gasteiger partial charge is 0.395 e. The van der Waals surface area contributed by atoms with Gasteiger partial charge in [-0.2, -0.15) is 15.0 Å². The molecule has 10 nitrogen and oxygen atoms in total. The number of hydrogen-bond donors (Lipinski definition) is 2. The Morgan fingerprint density at radius 3 is 2.00 bits per heavy atom. The predicted molar refractivity (Wildman–Crippen MR) is 112 cm³/mol. The molecule has 168 valence electrons. The number of alkyl halides is 4. The molecule has 1 rings (SSSR count). The first-order valence-corrected chi connectivity index (χ1v) is 13.4. The standard InChI is InChI=1S/C12H18Cl5N3O7P2/c13-2-1-9(8(16)7-21)27-28(22,23)11-18-10(17)19-12(20-11)29(24,25-5-3-14)26-6-4-15/h8-9,21H,1-7H2,(H,22,23). The summed E-state index contributed by atoms with van der Waals surface area (Å²) in [5.74, 6) is -0.0232. The third-order valence-corrected chi connectivity index (χ3v) is 7.12. The van der Waals surface area contributed by atoms with Crippen molar-refractivity contribution in [3.63, 3.8) is 0 Å². The van der Waals surface area contributed by atoms with E-state index in [-0.39, 0.29) is 37.3 Å². The molecule has 17 heteroatoms. The van der Waals surface area contributed by atoms with Gasteiger partial charge in [0, 0.05) is 17.6 Å². The first-order chi connectivity index (χ1) is 13.6. The topological polar surface area (TPSA) is 141 Å². The van der Waals surface area contributed by atoms with E-state index in [4.69, 9.17) is 71.6 Å². The molecule has 0 radical (unpaired) electrons. The molecule has 1 heterocycles. The van der Waals surface area contributed by atoms with E-state index in [0.717, 1.165) is 0 Å². The van der Waals surface area contributed by atoms with Crippen LogP contribution in [-0.2, 0) is 22.7 Å². The van der Waals surface area contributed by atoms with Crippen molar-refractivity contribution in [3.05, 3.63) is 5.28 Å². The third kappa shape index (κ3) is 8.64. The van der Waals surface area contributed by atoms with Crippen molar-refractivity contribution in [1.29, 1.82) is 0 Å². The van der Waals surface area contributed by atoms with E-state index in [1.54, 1.807) is 0 Å². The molecule has 0 aliphatic rings. The minimum Gasteiger partial charge on any atom is -0.395 e.